The van der Waals surface area contributed by atoms with Gasteiger partial charge in [0.25, 0.3) is 5.91 Å². The molecule has 1 amide bonds. The molecular weight excluding hydrogens is 330 g/mol. The fourth-order valence-corrected chi connectivity index (χ4v) is 3.05. The molecule has 1 aliphatic rings. The van der Waals surface area contributed by atoms with E-state index in [1.807, 2.05) is 37.3 Å². The van der Waals surface area contributed by atoms with E-state index < -0.39 is 0 Å². The molecule has 0 N–H and O–H groups in total. The van der Waals surface area contributed by atoms with E-state index in [0.717, 1.165) is 17.0 Å². The predicted octanol–water partition coefficient (Wildman–Crippen LogP) is 2.40. The van der Waals surface area contributed by atoms with E-state index in [0.29, 0.717) is 37.9 Å². The number of benzene rings is 1. The number of amides is 1. The Morgan fingerprint density at radius 3 is 2.42 bits per heavy atom. The molecule has 0 bridgehead atoms. The van der Waals surface area contributed by atoms with Crippen LogP contribution in [0.15, 0.2) is 53.1 Å². The van der Waals surface area contributed by atoms with Gasteiger partial charge in [-0.25, -0.2) is 4.98 Å². The molecule has 7 nitrogen and oxygen atoms in total. The number of hydrogen-bond donors (Lipinski definition) is 0. The largest absolute Gasteiger partial charge is 0.459 e. The van der Waals surface area contributed by atoms with Gasteiger partial charge in [-0.1, -0.05) is 30.3 Å². The zero-order valence-electron chi connectivity index (χ0n) is 14.5. The van der Waals surface area contributed by atoms with Crippen LogP contribution in [0.1, 0.15) is 16.2 Å². The van der Waals surface area contributed by atoms with Gasteiger partial charge in [0, 0.05) is 31.7 Å². The Balaban J connectivity index is 1.45. The third-order valence-corrected chi connectivity index (χ3v) is 4.48. The summed E-state index contributed by atoms with van der Waals surface area (Å²) in [6.07, 6.45) is 1.51. The standard InChI is InChI=1S/C19H19N5O2/c1-14-17(15-6-3-2-4-7-15)21-22-19(20-14)24-11-9-23(10-12-24)18(25)16-8-5-13-26-16/h2-8,13H,9-12H2,1H3. The van der Waals surface area contributed by atoms with Gasteiger partial charge in [0.1, 0.15) is 5.69 Å². The van der Waals surface area contributed by atoms with Gasteiger partial charge in [-0.2, -0.15) is 0 Å². The SMILES string of the molecule is Cc1nc(N2CCN(C(=O)c3ccco3)CC2)nnc1-c1ccccc1. The quantitative estimate of drug-likeness (QED) is 0.723. The minimum Gasteiger partial charge on any atom is -0.459 e. The van der Waals surface area contributed by atoms with Crippen LogP contribution in [-0.2, 0) is 0 Å². The molecule has 0 atom stereocenters. The molecule has 3 heterocycles. The highest BCUT2D eigenvalue weighted by Crippen LogP contribution is 2.21. The molecule has 26 heavy (non-hydrogen) atoms. The third kappa shape index (κ3) is 3.15. The van der Waals surface area contributed by atoms with Crippen LogP contribution in [-0.4, -0.2) is 52.2 Å². The minimum absolute atomic E-state index is 0.0794. The number of piperazine rings is 1. The monoisotopic (exact) mass is 349 g/mol. The Kier molecular flexibility index (Phi) is 4.35. The highest BCUT2D eigenvalue weighted by molar-refractivity contribution is 5.91. The lowest BCUT2D eigenvalue weighted by Crippen LogP contribution is -2.49. The summed E-state index contributed by atoms with van der Waals surface area (Å²) >= 11 is 0. The maximum absolute atomic E-state index is 12.3. The maximum Gasteiger partial charge on any atom is 0.289 e. The highest BCUT2D eigenvalue weighted by Gasteiger charge is 2.25. The average molecular weight is 349 g/mol. The topological polar surface area (TPSA) is 75.4 Å². The molecule has 2 aromatic heterocycles. The second kappa shape index (κ2) is 6.95. The van der Waals surface area contributed by atoms with Crippen molar-refractivity contribution in [3.05, 3.63) is 60.2 Å². The van der Waals surface area contributed by atoms with Gasteiger partial charge in [0.2, 0.25) is 5.95 Å². The molecular formula is C19H19N5O2. The summed E-state index contributed by atoms with van der Waals surface area (Å²) in [4.78, 5) is 20.8. The Morgan fingerprint density at radius 1 is 1.00 bits per heavy atom. The van der Waals surface area contributed by atoms with Crippen molar-refractivity contribution < 1.29 is 9.21 Å². The molecule has 0 spiro atoms. The number of aryl methyl sites for hydroxylation is 1. The van der Waals surface area contributed by atoms with Crippen molar-refractivity contribution in [2.45, 2.75) is 6.92 Å². The molecule has 0 radical (unpaired) electrons. The number of carbonyl (C=O) groups excluding carboxylic acids is 1. The van der Waals surface area contributed by atoms with Crippen LogP contribution in [0.2, 0.25) is 0 Å². The van der Waals surface area contributed by atoms with Crippen molar-refractivity contribution >= 4 is 11.9 Å². The first-order valence-corrected chi connectivity index (χ1v) is 8.57. The zero-order chi connectivity index (χ0) is 17.9. The molecule has 1 saturated heterocycles. The van der Waals surface area contributed by atoms with E-state index in [1.165, 1.54) is 6.26 Å². The van der Waals surface area contributed by atoms with E-state index in [-0.39, 0.29) is 5.91 Å². The molecule has 3 aromatic rings. The van der Waals surface area contributed by atoms with Crippen LogP contribution in [0.5, 0.6) is 0 Å². The summed E-state index contributed by atoms with van der Waals surface area (Å²) in [5.41, 5.74) is 2.64. The van der Waals surface area contributed by atoms with Gasteiger partial charge in [-0.15, -0.1) is 10.2 Å². The summed E-state index contributed by atoms with van der Waals surface area (Å²) in [7, 11) is 0. The Bertz CT molecular complexity index is 888. The number of nitrogens with zero attached hydrogens (tertiary/aromatic N) is 5. The molecule has 1 aromatic carbocycles. The van der Waals surface area contributed by atoms with Crippen molar-refractivity contribution in [1.82, 2.24) is 20.1 Å². The molecule has 132 valence electrons. The van der Waals surface area contributed by atoms with Gasteiger partial charge in [-0.05, 0) is 19.1 Å². The predicted molar refractivity (Wildman–Crippen MR) is 96.8 cm³/mol. The number of aromatic nitrogens is 3. The van der Waals surface area contributed by atoms with Crippen LogP contribution in [0.4, 0.5) is 5.95 Å². The normalized spacial score (nSPS) is 14.5. The zero-order valence-corrected chi connectivity index (χ0v) is 14.5. The van der Waals surface area contributed by atoms with Crippen LogP contribution < -0.4 is 4.90 Å². The van der Waals surface area contributed by atoms with Crippen molar-refractivity contribution in [2.75, 3.05) is 31.1 Å². The average Bonchev–Trinajstić information content (AvgIpc) is 3.23. The molecule has 7 heteroatoms. The van der Waals surface area contributed by atoms with Crippen molar-refractivity contribution in [1.29, 1.82) is 0 Å². The molecule has 0 saturated carbocycles. The number of rotatable bonds is 3. The fraction of sp³-hybridized carbons (Fsp3) is 0.263. The molecule has 1 fully saturated rings. The fourth-order valence-electron chi connectivity index (χ4n) is 3.05. The lowest BCUT2D eigenvalue weighted by Gasteiger charge is -2.34. The lowest BCUT2D eigenvalue weighted by molar-refractivity contribution is 0.0714. The van der Waals surface area contributed by atoms with Gasteiger partial charge in [-0.3, -0.25) is 4.79 Å². The van der Waals surface area contributed by atoms with E-state index in [4.69, 9.17) is 4.42 Å². The van der Waals surface area contributed by atoms with Gasteiger partial charge >= 0.3 is 0 Å². The Labute approximate surface area is 151 Å². The van der Waals surface area contributed by atoms with E-state index >= 15 is 0 Å². The Morgan fingerprint density at radius 2 is 1.77 bits per heavy atom. The summed E-state index contributed by atoms with van der Waals surface area (Å²) in [6, 6.07) is 13.3. The van der Waals surface area contributed by atoms with Crippen LogP contribution in [0, 0.1) is 6.92 Å². The highest BCUT2D eigenvalue weighted by atomic mass is 16.3. The Hall–Kier alpha value is -3.22. The van der Waals surface area contributed by atoms with Crippen LogP contribution >= 0.6 is 0 Å². The van der Waals surface area contributed by atoms with Crippen LogP contribution in [0.3, 0.4) is 0 Å². The number of anilines is 1. The second-order valence-electron chi connectivity index (χ2n) is 6.17. The maximum atomic E-state index is 12.3. The van der Waals surface area contributed by atoms with Gasteiger partial charge < -0.3 is 14.2 Å². The number of furan rings is 1. The van der Waals surface area contributed by atoms with Crippen molar-refractivity contribution in [3.63, 3.8) is 0 Å². The summed E-state index contributed by atoms with van der Waals surface area (Å²) < 4.78 is 5.19. The minimum atomic E-state index is -0.0794. The van der Waals surface area contributed by atoms with Gasteiger partial charge in [0.15, 0.2) is 5.76 Å². The number of carbonyl (C=O) groups is 1. The van der Waals surface area contributed by atoms with Gasteiger partial charge in [0.05, 0.1) is 12.0 Å². The smallest absolute Gasteiger partial charge is 0.289 e. The van der Waals surface area contributed by atoms with Crippen molar-refractivity contribution in [2.24, 2.45) is 0 Å². The van der Waals surface area contributed by atoms with E-state index in [2.05, 4.69) is 20.1 Å². The third-order valence-electron chi connectivity index (χ3n) is 4.48. The molecule has 4 rings (SSSR count). The molecule has 0 unspecified atom stereocenters. The van der Waals surface area contributed by atoms with E-state index in [1.54, 1.807) is 17.0 Å². The first-order valence-electron chi connectivity index (χ1n) is 8.57. The first kappa shape index (κ1) is 16.3. The lowest BCUT2D eigenvalue weighted by atomic mass is 10.1. The van der Waals surface area contributed by atoms with Crippen molar-refractivity contribution in [3.8, 4) is 11.3 Å². The number of hydrogen-bond acceptors (Lipinski definition) is 6. The summed E-state index contributed by atoms with van der Waals surface area (Å²) in [5, 5.41) is 8.67. The molecule has 0 aliphatic carbocycles. The molecule has 1 aliphatic heterocycles. The summed E-state index contributed by atoms with van der Waals surface area (Å²) in [6.45, 7) is 4.47. The second-order valence-corrected chi connectivity index (χ2v) is 6.17. The van der Waals surface area contributed by atoms with Crippen LogP contribution in [0.25, 0.3) is 11.3 Å². The summed E-state index contributed by atoms with van der Waals surface area (Å²) in [5.74, 6) is 0.899. The van der Waals surface area contributed by atoms with E-state index in [9.17, 15) is 4.79 Å². The first-order chi connectivity index (χ1) is 12.7.